The van der Waals surface area contributed by atoms with Gasteiger partial charge in [0, 0.05) is 0 Å². The Kier molecular flexibility index (Phi) is 3.83. The summed E-state index contributed by atoms with van der Waals surface area (Å²) >= 11 is 0. The third-order valence-electron chi connectivity index (χ3n) is 1.79. The fourth-order valence-electron chi connectivity index (χ4n) is 1.10. The van der Waals surface area contributed by atoms with E-state index in [1.165, 1.54) is 25.1 Å². The number of hydrogen-bond donors (Lipinski definition) is 2. The van der Waals surface area contributed by atoms with E-state index in [0.717, 1.165) is 0 Å². The summed E-state index contributed by atoms with van der Waals surface area (Å²) in [5.41, 5.74) is 0.335. The first-order chi connectivity index (χ1) is 6.04. The molecule has 0 aromatic heterocycles. The van der Waals surface area contributed by atoms with Crippen molar-refractivity contribution >= 4 is 11.9 Å². The van der Waals surface area contributed by atoms with E-state index < -0.39 is 11.9 Å². The van der Waals surface area contributed by atoms with Crippen LogP contribution in [0, 0.1) is 6.92 Å². The summed E-state index contributed by atoms with van der Waals surface area (Å²) in [4.78, 5) is 21.2. The zero-order chi connectivity index (χ0) is 10.0. The molecule has 0 radical (unpaired) electrons. The molecule has 0 aliphatic carbocycles. The molecule has 0 spiro atoms. The minimum absolute atomic E-state index is 0. The molecule has 0 bridgehead atoms. The van der Waals surface area contributed by atoms with Crippen molar-refractivity contribution in [3.8, 4) is 0 Å². The number of benzene rings is 1. The summed E-state index contributed by atoms with van der Waals surface area (Å²) in [6, 6.07) is 4.17. The summed E-state index contributed by atoms with van der Waals surface area (Å²) in [7, 11) is 0. The maximum atomic E-state index is 10.6. The highest BCUT2D eigenvalue weighted by atomic mass is 16.4. The van der Waals surface area contributed by atoms with Crippen LogP contribution in [0.25, 0.3) is 0 Å². The van der Waals surface area contributed by atoms with Crippen LogP contribution in [0.5, 0.6) is 0 Å². The first kappa shape index (κ1) is 12.2. The minimum Gasteiger partial charge on any atom is -0.478 e. The molecule has 2 N–H and O–H groups in total. The predicted octanol–water partition coefficient (Wildman–Crippen LogP) is 2.03. The third kappa shape index (κ3) is 2.10. The van der Waals surface area contributed by atoms with Crippen LogP contribution in [0.2, 0.25) is 0 Å². The van der Waals surface area contributed by atoms with Crippen molar-refractivity contribution < 1.29 is 19.8 Å². The van der Waals surface area contributed by atoms with Crippen LogP contribution < -0.4 is 0 Å². The molecule has 0 atom stereocenters. The lowest BCUT2D eigenvalue weighted by atomic mass is 10.0. The van der Waals surface area contributed by atoms with E-state index in [2.05, 4.69) is 0 Å². The molecule has 0 saturated heterocycles. The maximum absolute atomic E-state index is 10.6. The zero-order valence-corrected chi connectivity index (χ0v) is 6.94. The predicted molar refractivity (Wildman–Crippen MR) is 51.8 cm³/mol. The van der Waals surface area contributed by atoms with Crippen LogP contribution >= 0.6 is 0 Å². The van der Waals surface area contributed by atoms with E-state index in [1.54, 1.807) is 0 Å². The van der Waals surface area contributed by atoms with Crippen molar-refractivity contribution in [2.24, 2.45) is 0 Å². The summed E-state index contributed by atoms with van der Waals surface area (Å²) in [6.07, 6.45) is 0. The second kappa shape index (κ2) is 4.41. The molecule has 0 amide bonds. The molecule has 4 heteroatoms. The van der Waals surface area contributed by atoms with Crippen LogP contribution in [-0.4, -0.2) is 22.2 Å². The van der Waals surface area contributed by atoms with E-state index in [9.17, 15) is 9.59 Å². The zero-order valence-electron chi connectivity index (χ0n) is 6.94. The molecule has 1 rings (SSSR count). The molecular weight excluding hydrogens is 184 g/mol. The van der Waals surface area contributed by atoms with Gasteiger partial charge < -0.3 is 10.2 Å². The lowest BCUT2D eigenvalue weighted by molar-refractivity contribution is 0.0696. The summed E-state index contributed by atoms with van der Waals surface area (Å²) in [5.74, 6) is -2.22. The van der Waals surface area contributed by atoms with E-state index in [1.807, 2.05) is 0 Å². The monoisotopic (exact) mass is 196 g/mol. The van der Waals surface area contributed by atoms with Gasteiger partial charge in [-0.15, -0.1) is 0 Å². The second-order valence-electron chi connectivity index (χ2n) is 2.59. The Morgan fingerprint density at radius 1 is 1.07 bits per heavy atom. The fraction of sp³-hybridized carbons (Fsp3) is 0.200. The topological polar surface area (TPSA) is 74.6 Å². The van der Waals surface area contributed by atoms with Crippen molar-refractivity contribution in [3.05, 3.63) is 34.9 Å². The highest BCUT2D eigenvalue weighted by molar-refractivity contribution is 5.96. The molecule has 0 unspecified atom stereocenters. The van der Waals surface area contributed by atoms with Gasteiger partial charge in [0.1, 0.15) is 0 Å². The molecule has 1 aromatic carbocycles. The average Bonchev–Trinajstić information content (AvgIpc) is 2.03. The molecule has 0 heterocycles. The first-order valence-electron chi connectivity index (χ1n) is 3.60. The molecule has 76 valence electrons. The van der Waals surface area contributed by atoms with Gasteiger partial charge in [-0.25, -0.2) is 9.59 Å². The lowest BCUT2D eigenvalue weighted by Crippen LogP contribution is -2.06. The van der Waals surface area contributed by atoms with Crippen molar-refractivity contribution in [2.75, 3.05) is 0 Å². The number of carboxylic acids is 2. The molecule has 1 aromatic rings. The van der Waals surface area contributed by atoms with Crippen LogP contribution in [0.1, 0.15) is 33.7 Å². The van der Waals surface area contributed by atoms with Gasteiger partial charge in [-0.3, -0.25) is 0 Å². The third-order valence-corrected chi connectivity index (χ3v) is 1.79. The molecule has 14 heavy (non-hydrogen) atoms. The standard InChI is InChI=1S/C9H8O4.CH4/c1-5-6(8(10)11)3-2-4-7(5)9(12)13;/h2-4H,1H3,(H,10,11)(H,12,13);1H4. The Morgan fingerprint density at radius 2 is 1.43 bits per heavy atom. The molecule has 0 aliphatic heterocycles. The number of rotatable bonds is 2. The van der Waals surface area contributed by atoms with Gasteiger partial charge in [-0.1, -0.05) is 13.5 Å². The van der Waals surface area contributed by atoms with Crippen LogP contribution in [-0.2, 0) is 0 Å². The van der Waals surface area contributed by atoms with E-state index in [4.69, 9.17) is 10.2 Å². The van der Waals surface area contributed by atoms with E-state index in [0.29, 0.717) is 0 Å². The maximum Gasteiger partial charge on any atom is 0.335 e. The Labute approximate surface area is 81.8 Å². The quantitative estimate of drug-likeness (QED) is 0.758. The van der Waals surface area contributed by atoms with E-state index >= 15 is 0 Å². The Morgan fingerprint density at radius 3 is 1.71 bits per heavy atom. The Bertz CT molecular complexity index is 336. The van der Waals surface area contributed by atoms with Gasteiger partial charge in [0.2, 0.25) is 0 Å². The van der Waals surface area contributed by atoms with Crippen molar-refractivity contribution in [3.63, 3.8) is 0 Å². The molecule has 0 aliphatic rings. The summed E-state index contributed by atoms with van der Waals surface area (Å²) < 4.78 is 0. The van der Waals surface area contributed by atoms with Crippen molar-refractivity contribution in [2.45, 2.75) is 14.4 Å². The Hall–Kier alpha value is -1.84. The average molecular weight is 196 g/mol. The van der Waals surface area contributed by atoms with Gasteiger partial charge >= 0.3 is 11.9 Å². The van der Waals surface area contributed by atoms with Gasteiger partial charge in [-0.05, 0) is 24.6 Å². The number of aromatic carboxylic acids is 2. The van der Waals surface area contributed by atoms with Crippen LogP contribution in [0.4, 0.5) is 0 Å². The number of hydrogen-bond acceptors (Lipinski definition) is 2. The second-order valence-corrected chi connectivity index (χ2v) is 2.59. The number of carboxylic acid groups (broad SMARTS) is 2. The minimum atomic E-state index is -1.11. The highest BCUT2D eigenvalue weighted by Crippen LogP contribution is 2.13. The van der Waals surface area contributed by atoms with Gasteiger partial charge in [0.25, 0.3) is 0 Å². The van der Waals surface area contributed by atoms with Crippen LogP contribution in [0.15, 0.2) is 18.2 Å². The summed E-state index contributed by atoms with van der Waals surface area (Å²) in [5, 5.41) is 17.4. The molecule has 0 fully saturated rings. The number of carbonyl (C=O) groups is 2. The Balaban J connectivity index is 0.00000169. The highest BCUT2D eigenvalue weighted by Gasteiger charge is 2.13. The lowest BCUT2D eigenvalue weighted by Gasteiger charge is -2.03. The smallest absolute Gasteiger partial charge is 0.335 e. The molecular formula is C10H12O4. The molecule has 0 saturated carbocycles. The largest absolute Gasteiger partial charge is 0.478 e. The first-order valence-corrected chi connectivity index (χ1v) is 3.60. The molecule has 4 nitrogen and oxygen atoms in total. The van der Waals surface area contributed by atoms with Gasteiger partial charge in [-0.2, -0.15) is 0 Å². The van der Waals surface area contributed by atoms with Gasteiger partial charge in [0.15, 0.2) is 0 Å². The van der Waals surface area contributed by atoms with Crippen molar-refractivity contribution in [1.82, 2.24) is 0 Å². The van der Waals surface area contributed by atoms with Gasteiger partial charge in [0.05, 0.1) is 11.1 Å². The van der Waals surface area contributed by atoms with Crippen LogP contribution in [0.3, 0.4) is 0 Å². The van der Waals surface area contributed by atoms with E-state index in [-0.39, 0.29) is 24.1 Å². The fourth-order valence-corrected chi connectivity index (χ4v) is 1.10. The van der Waals surface area contributed by atoms with Crippen molar-refractivity contribution in [1.29, 1.82) is 0 Å². The SMILES string of the molecule is C.Cc1c(C(=O)O)cccc1C(=O)O. The summed E-state index contributed by atoms with van der Waals surface area (Å²) in [6.45, 7) is 1.48. The normalized spacial score (nSPS) is 8.93.